The second-order valence-corrected chi connectivity index (χ2v) is 7.27. The Morgan fingerprint density at radius 3 is 2.95 bits per heavy atom. The molecular weight excluding hydrogens is 340 g/mol. The first kappa shape index (κ1) is 14.8. The van der Waals surface area contributed by atoms with Gasteiger partial charge >= 0.3 is 0 Å². The lowest BCUT2D eigenvalue weighted by Crippen LogP contribution is -2.48. The number of thioether (sulfide) groups is 1. The highest BCUT2D eigenvalue weighted by Crippen LogP contribution is 2.43. The summed E-state index contributed by atoms with van der Waals surface area (Å²) < 4.78 is 12.8. The van der Waals surface area contributed by atoms with Gasteiger partial charge in [-0.2, -0.15) is 0 Å². The molecule has 2 unspecified atom stereocenters. The number of nitrogens with one attached hydrogen (secondary N) is 1. The molecule has 1 N–H and O–H groups in total. The zero-order valence-electron chi connectivity index (χ0n) is 11.5. The van der Waals surface area contributed by atoms with Crippen molar-refractivity contribution in [3.8, 4) is 0 Å². The SMILES string of the molecule is CNC1CCC2(CC1Sc1ncccc1Br)OCCO2. The quantitative estimate of drug-likeness (QED) is 0.899. The van der Waals surface area contributed by atoms with Gasteiger partial charge in [0.1, 0.15) is 5.03 Å². The summed E-state index contributed by atoms with van der Waals surface area (Å²) in [4.78, 5) is 4.46. The van der Waals surface area contributed by atoms with Crippen LogP contribution >= 0.6 is 27.7 Å². The maximum absolute atomic E-state index is 5.88. The summed E-state index contributed by atoms with van der Waals surface area (Å²) >= 11 is 5.38. The molecule has 4 nitrogen and oxygen atoms in total. The molecule has 1 aromatic heterocycles. The van der Waals surface area contributed by atoms with Gasteiger partial charge < -0.3 is 14.8 Å². The van der Waals surface area contributed by atoms with Crippen molar-refractivity contribution in [1.82, 2.24) is 10.3 Å². The van der Waals surface area contributed by atoms with Crippen LogP contribution in [0.15, 0.2) is 27.8 Å². The van der Waals surface area contributed by atoms with E-state index in [4.69, 9.17) is 9.47 Å². The molecule has 2 aliphatic rings. The van der Waals surface area contributed by atoms with Crippen LogP contribution in [-0.2, 0) is 9.47 Å². The fraction of sp³-hybridized carbons (Fsp3) is 0.643. The van der Waals surface area contributed by atoms with E-state index in [1.54, 1.807) is 11.8 Å². The highest BCUT2D eigenvalue weighted by Gasteiger charge is 2.45. The van der Waals surface area contributed by atoms with Crippen LogP contribution in [0.3, 0.4) is 0 Å². The summed E-state index contributed by atoms with van der Waals surface area (Å²) in [5.41, 5.74) is 0. The van der Waals surface area contributed by atoms with E-state index in [2.05, 4.69) is 26.2 Å². The van der Waals surface area contributed by atoms with E-state index in [0.29, 0.717) is 11.3 Å². The molecule has 110 valence electrons. The Balaban J connectivity index is 1.76. The molecule has 0 bridgehead atoms. The number of rotatable bonds is 3. The van der Waals surface area contributed by atoms with Gasteiger partial charge in [-0.15, -0.1) is 11.8 Å². The fourth-order valence-electron chi connectivity index (χ4n) is 2.93. The Hall–Kier alpha value is -0.140. The molecule has 1 aromatic rings. The zero-order chi connectivity index (χ0) is 14.0. The Morgan fingerprint density at radius 2 is 2.25 bits per heavy atom. The Kier molecular flexibility index (Phi) is 4.67. The second kappa shape index (κ2) is 6.32. The van der Waals surface area contributed by atoms with E-state index >= 15 is 0 Å². The first-order valence-corrected chi connectivity index (χ1v) is 8.62. The number of ether oxygens (including phenoxy) is 2. The minimum absolute atomic E-state index is 0.355. The molecule has 1 aliphatic carbocycles. The van der Waals surface area contributed by atoms with Crippen LogP contribution in [-0.4, -0.2) is 42.3 Å². The number of hydrogen-bond donors (Lipinski definition) is 1. The molecular formula is C14H19BrN2O2S. The van der Waals surface area contributed by atoms with Crippen LogP contribution < -0.4 is 5.32 Å². The van der Waals surface area contributed by atoms with Crippen molar-refractivity contribution in [2.45, 2.75) is 41.4 Å². The molecule has 2 fully saturated rings. The third-order valence-corrected chi connectivity index (χ3v) is 6.22. The summed E-state index contributed by atoms with van der Waals surface area (Å²) in [5.74, 6) is -0.355. The lowest BCUT2D eigenvalue weighted by Gasteiger charge is -2.40. The van der Waals surface area contributed by atoms with Crippen molar-refractivity contribution >= 4 is 27.7 Å². The molecule has 0 aromatic carbocycles. The maximum Gasteiger partial charge on any atom is 0.169 e. The molecule has 20 heavy (non-hydrogen) atoms. The van der Waals surface area contributed by atoms with Gasteiger partial charge in [0.05, 0.1) is 13.2 Å². The molecule has 2 heterocycles. The standard InChI is InChI=1S/C14H19BrN2O2S/c1-16-11-4-5-14(18-7-8-19-14)9-12(11)20-13-10(15)3-2-6-17-13/h2-3,6,11-12,16H,4-5,7-9H2,1H3. The van der Waals surface area contributed by atoms with Crippen molar-refractivity contribution in [3.63, 3.8) is 0 Å². The van der Waals surface area contributed by atoms with Gasteiger partial charge in [0, 0.05) is 34.8 Å². The molecule has 3 rings (SSSR count). The van der Waals surface area contributed by atoms with Crippen molar-refractivity contribution in [2.24, 2.45) is 0 Å². The van der Waals surface area contributed by atoms with Crippen LogP contribution in [0.2, 0.25) is 0 Å². The van der Waals surface area contributed by atoms with E-state index < -0.39 is 0 Å². The van der Waals surface area contributed by atoms with E-state index in [0.717, 1.165) is 42.0 Å². The number of nitrogens with zero attached hydrogens (tertiary/aromatic N) is 1. The summed E-state index contributed by atoms with van der Waals surface area (Å²) in [6, 6.07) is 4.44. The molecule has 1 spiro atoms. The summed E-state index contributed by atoms with van der Waals surface area (Å²) in [5, 5.41) is 4.86. The zero-order valence-corrected chi connectivity index (χ0v) is 13.9. The number of halogens is 1. The third-order valence-electron chi connectivity index (χ3n) is 3.97. The summed E-state index contributed by atoms with van der Waals surface area (Å²) in [7, 11) is 2.03. The van der Waals surface area contributed by atoms with Crippen LogP contribution in [0.1, 0.15) is 19.3 Å². The van der Waals surface area contributed by atoms with Gasteiger partial charge in [-0.3, -0.25) is 0 Å². The van der Waals surface area contributed by atoms with E-state index in [1.807, 2.05) is 25.4 Å². The van der Waals surface area contributed by atoms with Crippen molar-refractivity contribution in [2.75, 3.05) is 20.3 Å². The van der Waals surface area contributed by atoms with Gasteiger partial charge in [-0.25, -0.2) is 4.98 Å². The lowest BCUT2D eigenvalue weighted by molar-refractivity contribution is -0.177. The van der Waals surface area contributed by atoms with Crippen molar-refractivity contribution in [1.29, 1.82) is 0 Å². The maximum atomic E-state index is 5.88. The molecule has 1 saturated heterocycles. The topological polar surface area (TPSA) is 43.4 Å². The van der Waals surface area contributed by atoms with Gasteiger partial charge in [0.25, 0.3) is 0 Å². The molecule has 6 heteroatoms. The monoisotopic (exact) mass is 358 g/mol. The minimum Gasteiger partial charge on any atom is -0.347 e. The van der Waals surface area contributed by atoms with Crippen molar-refractivity contribution < 1.29 is 9.47 Å². The van der Waals surface area contributed by atoms with E-state index in [1.165, 1.54) is 0 Å². The first-order chi connectivity index (χ1) is 9.72. The number of aromatic nitrogens is 1. The average molecular weight is 359 g/mol. The number of hydrogen-bond acceptors (Lipinski definition) is 5. The largest absolute Gasteiger partial charge is 0.347 e. The highest BCUT2D eigenvalue weighted by atomic mass is 79.9. The molecule has 2 atom stereocenters. The molecule has 1 aliphatic heterocycles. The van der Waals surface area contributed by atoms with Crippen LogP contribution in [0.25, 0.3) is 0 Å². The van der Waals surface area contributed by atoms with Gasteiger partial charge in [0.15, 0.2) is 5.79 Å². The average Bonchev–Trinajstić information content (AvgIpc) is 2.90. The predicted molar refractivity (Wildman–Crippen MR) is 82.9 cm³/mol. The highest BCUT2D eigenvalue weighted by molar-refractivity contribution is 9.10. The molecule has 0 amide bonds. The summed E-state index contributed by atoms with van der Waals surface area (Å²) in [6.45, 7) is 1.43. The third kappa shape index (κ3) is 3.04. The van der Waals surface area contributed by atoms with Gasteiger partial charge in [0.2, 0.25) is 0 Å². The molecule has 1 saturated carbocycles. The molecule has 0 radical (unpaired) electrons. The minimum atomic E-state index is -0.355. The fourth-order valence-corrected chi connectivity index (χ4v) is 4.82. The van der Waals surface area contributed by atoms with E-state index in [-0.39, 0.29) is 5.79 Å². The van der Waals surface area contributed by atoms with Crippen LogP contribution in [0.4, 0.5) is 0 Å². The second-order valence-electron chi connectivity index (χ2n) is 5.19. The number of pyridine rings is 1. The predicted octanol–water partition coefficient (Wildman–Crippen LogP) is 2.82. The summed E-state index contributed by atoms with van der Waals surface area (Å²) in [6.07, 6.45) is 4.78. The first-order valence-electron chi connectivity index (χ1n) is 6.95. The Morgan fingerprint density at radius 1 is 1.45 bits per heavy atom. The Labute approximate surface area is 132 Å². The lowest BCUT2D eigenvalue weighted by atomic mass is 9.89. The van der Waals surface area contributed by atoms with Gasteiger partial charge in [-0.05, 0) is 41.5 Å². The Bertz CT molecular complexity index is 468. The van der Waals surface area contributed by atoms with Gasteiger partial charge in [-0.1, -0.05) is 0 Å². The normalized spacial score (nSPS) is 28.9. The van der Waals surface area contributed by atoms with Crippen molar-refractivity contribution in [3.05, 3.63) is 22.8 Å². The van der Waals surface area contributed by atoms with E-state index in [9.17, 15) is 0 Å². The smallest absolute Gasteiger partial charge is 0.169 e. The van der Waals surface area contributed by atoms with Crippen LogP contribution in [0, 0.1) is 0 Å². The van der Waals surface area contributed by atoms with Crippen LogP contribution in [0.5, 0.6) is 0 Å².